The third kappa shape index (κ3) is 2.14. The number of nitrogens with one attached hydrogen (secondary N) is 2. The minimum Gasteiger partial charge on any atom is -0.326 e. The van der Waals surface area contributed by atoms with Gasteiger partial charge in [0.1, 0.15) is 0 Å². The van der Waals surface area contributed by atoms with Gasteiger partial charge in [0.15, 0.2) is 0 Å². The molecule has 0 atom stereocenters. The molecule has 1 saturated heterocycles. The smallest absolute Gasteiger partial charge is 0.230 e. The molecule has 1 aromatic rings. The van der Waals surface area contributed by atoms with Crippen molar-refractivity contribution >= 4 is 11.6 Å². The minimum absolute atomic E-state index is 0.0174. The van der Waals surface area contributed by atoms with Crippen molar-refractivity contribution in [3.63, 3.8) is 0 Å². The summed E-state index contributed by atoms with van der Waals surface area (Å²) >= 11 is 0. The van der Waals surface area contributed by atoms with E-state index in [0.29, 0.717) is 11.3 Å². The molecule has 2 rings (SSSR count). The second-order valence-corrected chi connectivity index (χ2v) is 3.54. The van der Waals surface area contributed by atoms with Crippen molar-refractivity contribution in [1.29, 1.82) is 5.26 Å². The van der Waals surface area contributed by atoms with Crippen LogP contribution in [0.5, 0.6) is 0 Å². The summed E-state index contributed by atoms with van der Waals surface area (Å²) in [5.74, 6) is 0.0829. The molecule has 0 spiro atoms. The summed E-state index contributed by atoms with van der Waals surface area (Å²) in [6, 6.07) is 8.95. The van der Waals surface area contributed by atoms with Crippen molar-refractivity contribution in [2.45, 2.75) is 0 Å². The van der Waals surface area contributed by atoms with Crippen LogP contribution in [0.2, 0.25) is 0 Å². The molecule has 4 heteroatoms. The quantitative estimate of drug-likeness (QED) is 0.740. The number of nitriles is 1. The molecule has 0 bridgehead atoms. The summed E-state index contributed by atoms with van der Waals surface area (Å²) in [6.07, 6.45) is 0. The van der Waals surface area contributed by atoms with Crippen LogP contribution in [-0.4, -0.2) is 19.0 Å². The fourth-order valence-corrected chi connectivity index (χ4v) is 1.38. The lowest BCUT2D eigenvalue weighted by Gasteiger charge is -2.25. The predicted molar refractivity (Wildman–Crippen MR) is 56.1 cm³/mol. The Hall–Kier alpha value is -1.86. The second kappa shape index (κ2) is 4.11. The van der Waals surface area contributed by atoms with Gasteiger partial charge in [0.05, 0.1) is 17.6 Å². The summed E-state index contributed by atoms with van der Waals surface area (Å²) in [6.45, 7) is 1.48. The third-order valence-corrected chi connectivity index (χ3v) is 2.41. The molecule has 1 amide bonds. The number of carbonyl (C=O) groups excluding carboxylic acids is 1. The van der Waals surface area contributed by atoms with Crippen LogP contribution in [0.1, 0.15) is 5.56 Å². The van der Waals surface area contributed by atoms with E-state index in [-0.39, 0.29) is 11.8 Å². The molecule has 76 valence electrons. The van der Waals surface area contributed by atoms with E-state index in [1.807, 2.05) is 6.07 Å². The normalized spacial score (nSPS) is 15.1. The Kier molecular flexibility index (Phi) is 2.66. The van der Waals surface area contributed by atoms with E-state index in [9.17, 15) is 4.79 Å². The molecular weight excluding hydrogens is 190 g/mol. The summed E-state index contributed by atoms with van der Waals surface area (Å²) < 4.78 is 0. The predicted octanol–water partition coefficient (Wildman–Crippen LogP) is 0.716. The molecule has 2 N–H and O–H groups in total. The Morgan fingerprint density at radius 3 is 2.93 bits per heavy atom. The molecule has 15 heavy (non-hydrogen) atoms. The molecule has 0 aromatic heterocycles. The first-order chi connectivity index (χ1) is 7.29. The molecule has 1 fully saturated rings. The van der Waals surface area contributed by atoms with E-state index in [0.717, 1.165) is 13.1 Å². The first-order valence-electron chi connectivity index (χ1n) is 4.81. The van der Waals surface area contributed by atoms with Gasteiger partial charge in [-0.05, 0) is 18.2 Å². The molecule has 1 aliphatic heterocycles. The van der Waals surface area contributed by atoms with Gasteiger partial charge >= 0.3 is 0 Å². The monoisotopic (exact) mass is 201 g/mol. The van der Waals surface area contributed by atoms with Gasteiger partial charge in [-0.1, -0.05) is 6.07 Å². The summed E-state index contributed by atoms with van der Waals surface area (Å²) in [7, 11) is 0. The van der Waals surface area contributed by atoms with Gasteiger partial charge in [-0.2, -0.15) is 5.26 Å². The Balaban J connectivity index is 2.03. The lowest BCUT2D eigenvalue weighted by Crippen LogP contribution is -2.48. The van der Waals surface area contributed by atoms with E-state index >= 15 is 0 Å². The average molecular weight is 201 g/mol. The zero-order valence-electron chi connectivity index (χ0n) is 8.16. The van der Waals surface area contributed by atoms with Crippen LogP contribution < -0.4 is 10.6 Å². The Labute approximate surface area is 87.9 Å². The lowest BCUT2D eigenvalue weighted by molar-refractivity contribution is -0.121. The van der Waals surface area contributed by atoms with Crippen LogP contribution >= 0.6 is 0 Å². The lowest BCUT2D eigenvalue weighted by atomic mass is 10.0. The summed E-state index contributed by atoms with van der Waals surface area (Å²) in [5, 5.41) is 14.5. The highest BCUT2D eigenvalue weighted by atomic mass is 16.2. The molecule has 1 heterocycles. The van der Waals surface area contributed by atoms with E-state index < -0.39 is 0 Å². The molecule has 1 aromatic carbocycles. The van der Waals surface area contributed by atoms with Gasteiger partial charge in [-0.25, -0.2) is 0 Å². The number of carbonyl (C=O) groups is 1. The van der Waals surface area contributed by atoms with Gasteiger partial charge in [0.2, 0.25) is 5.91 Å². The molecule has 0 aliphatic carbocycles. The fraction of sp³-hybridized carbons (Fsp3) is 0.273. The van der Waals surface area contributed by atoms with E-state index in [1.165, 1.54) is 0 Å². The first-order valence-corrected chi connectivity index (χ1v) is 4.81. The topological polar surface area (TPSA) is 64.9 Å². The van der Waals surface area contributed by atoms with Crippen LogP contribution in [0.25, 0.3) is 0 Å². The molecule has 1 aliphatic rings. The van der Waals surface area contributed by atoms with E-state index in [4.69, 9.17) is 5.26 Å². The largest absolute Gasteiger partial charge is 0.326 e. The molecule has 0 unspecified atom stereocenters. The average Bonchev–Trinajstić information content (AvgIpc) is 2.15. The summed E-state index contributed by atoms with van der Waals surface area (Å²) in [4.78, 5) is 11.6. The van der Waals surface area contributed by atoms with Crippen LogP contribution in [0.4, 0.5) is 5.69 Å². The van der Waals surface area contributed by atoms with Crippen molar-refractivity contribution in [3.8, 4) is 6.07 Å². The fourth-order valence-electron chi connectivity index (χ4n) is 1.38. The first kappa shape index (κ1) is 9.69. The van der Waals surface area contributed by atoms with Crippen molar-refractivity contribution < 1.29 is 4.79 Å². The highest BCUT2D eigenvalue weighted by molar-refractivity contribution is 5.93. The molecule has 0 radical (unpaired) electrons. The standard InChI is InChI=1S/C11H11N3O/c12-5-8-2-1-3-10(4-8)14-11(15)9-6-13-7-9/h1-4,9,13H,6-7H2,(H,14,15). The van der Waals surface area contributed by atoms with Gasteiger partial charge in [-0.15, -0.1) is 0 Å². The minimum atomic E-state index is 0.0174. The number of nitrogens with zero attached hydrogens (tertiary/aromatic N) is 1. The number of amides is 1. The van der Waals surface area contributed by atoms with Gasteiger partial charge in [-0.3, -0.25) is 4.79 Å². The number of hydrogen-bond acceptors (Lipinski definition) is 3. The summed E-state index contributed by atoms with van der Waals surface area (Å²) in [5.41, 5.74) is 1.24. The van der Waals surface area contributed by atoms with Crippen LogP contribution in [0, 0.1) is 17.2 Å². The van der Waals surface area contributed by atoms with Crippen LogP contribution in [-0.2, 0) is 4.79 Å². The molecule has 0 saturated carbocycles. The van der Waals surface area contributed by atoms with Crippen molar-refractivity contribution in [3.05, 3.63) is 29.8 Å². The zero-order chi connectivity index (χ0) is 10.7. The van der Waals surface area contributed by atoms with Crippen molar-refractivity contribution in [1.82, 2.24) is 5.32 Å². The number of rotatable bonds is 2. The highest BCUT2D eigenvalue weighted by Crippen LogP contribution is 2.12. The zero-order valence-corrected chi connectivity index (χ0v) is 8.16. The highest BCUT2D eigenvalue weighted by Gasteiger charge is 2.24. The molecular formula is C11H11N3O. The maximum Gasteiger partial charge on any atom is 0.230 e. The second-order valence-electron chi connectivity index (χ2n) is 3.54. The SMILES string of the molecule is N#Cc1cccc(NC(=O)C2CNC2)c1. The van der Waals surface area contributed by atoms with Gasteiger partial charge in [0, 0.05) is 18.8 Å². The van der Waals surface area contributed by atoms with Gasteiger partial charge < -0.3 is 10.6 Å². The van der Waals surface area contributed by atoms with Gasteiger partial charge in [0.25, 0.3) is 0 Å². The maximum atomic E-state index is 11.6. The van der Waals surface area contributed by atoms with Crippen molar-refractivity contribution in [2.75, 3.05) is 18.4 Å². The van der Waals surface area contributed by atoms with E-state index in [2.05, 4.69) is 10.6 Å². The Morgan fingerprint density at radius 2 is 2.33 bits per heavy atom. The Morgan fingerprint density at radius 1 is 1.53 bits per heavy atom. The van der Waals surface area contributed by atoms with Crippen LogP contribution in [0.15, 0.2) is 24.3 Å². The van der Waals surface area contributed by atoms with E-state index in [1.54, 1.807) is 24.3 Å². The van der Waals surface area contributed by atoms with Crippen molar-refractivity contribution in [2.24, 2.45) is 5.92 Å². The van der Waals surface area contributed by atoms with Crippen LogP contribution in [0.3, 0.4) is 0 Å². The molecule has 4 nitrogen and oxygen atoms in total. The number of anilines is 1. The number of hydrogen-bond donors (Lipinski definition) is 2. The Bertz CT molecular complexity index is 418. The maximum absolute atomic E-state index is 11.6. The number of benzene rings is 1. The third-order valence-electron chi connectivity index (χ3n) is 2.41.